The maximum absolute atomic E-state index is 4.91. The zero-order valence-corrected chi connectivity index (χ0v) is 13.3. The van der Waals surface area contributed by atoms with Crippen molar-refractivity contribution in [2.24, 2.45) is 0 Å². The van der Waals surface area contributed by atoms with Gasteiger partial charge in [0.15, 0.2) is 0 Å². The van der Waals surface area contributed by atoms with Crippen molar-refractivity contribution in [3.8, 4) is 10.6 Å². The fourth-order valence-electron chi connectivity index (χ4n) is 2.09. The Bertz CT molecular complexity index is 545. The van der Waals surface area contributed by atoms with Crippen LogP contribution in [0.3, 0.4) is 0 Å². The van der Waals surface area contributed by atoms with Crippen molar-refractivity contribution in [1.29, 1.82) is 0 Å². The number of thiazole rings is 1. The molecule has 2 nitrogen and oxygen atoms in total. The van der Waals surface area contributed by atoms with Crippen molar-refractivity contribution in [2.45, 2.75) is 51.6 Å². The minimum Gasteiger partial charge on any atom is -0.309 e. The van der Waals surface area contributed by atoms with Gasteiger partial charge < -0.3 is 5.32 Å². The van der Waals surface area contributed by atoms with Crippen molar-refractivity contribution in [1.82, 2.24) is 10.3 Å². The standard InChI is InChI=1S/C15H20N2S2/c1-15(2,3)13-12(8-16-11-4-5-11)19-14(17-13)10-6-7-18-9-10/h6-7,9,11,16H,4-5,8H2,1-3H3. The van der Waals surface area contributed by atoms with Crippen LogP contribution in [0.2, 0.25) is 0 Å². The third kappa shape index (κ3) is 3.07. The third-order valence-corrected chi connectivity index (χ3v) is 5.09. The summed E-state index contributed by atoms with van der Waals surface area (Å²) in [6, 6.07) is 2.91. The molecule has 0 aliphatic heterocycles. The highest BCUT2D eigenvalue weighted by molar-refractivity contribution is 7.15. The molecule has 0 atom stereocenters. The number of thiophene rings is 1. The first kappa shape index (κ1) is 13.3. The van der Waals surface area contributed by atoms with Gasteiger partial charge in [-0.25, -0.2) is 4.98 Å². The first-order valence-electron chi connectivity index (χ1n) is 6.80. The summed E-state index contributed by atoms with van der Waals surface area (Å²) >= 11 is 3.58. The first-order chi connectivity index (χ1) is 9.04. The Morgan fingerprint density at radius 1 is 1.37 bits per heavy atom. The van der Waals surface area contributed by atoms with Crippen LogP contribution >= 0.6 is 22.7 Å². The van der Waals surface area contributed by atoms with Crippen LogP contribution in [-0.2, 0) is 12.0 Å². The second-order valence-corrected chi connectivity index (χ2v) is 8.07. The Morgan fingerprint density at radius 3 is 2.74 bits per heavy atom. The number of aromatic nitrogens is 1. The normalized spacial score (nSPS) is 15.9. The van der Waals surface area contributed by atoms with Gasteiger partial charge in [-0.1, -0.05) is 20.8 Å². The van der Waals surface area contributed by atoms with Crippen molar-refractivity contribution >= 4 is 22.7 Å². The number of nitrogens with one attached hydrogen (secondary N) is 1. The van der Waals surface area contributed by atoms with Crippen molar-refractivity contribution < 1.29 is 0 Å². The van der Waals surface area contributed by atoms with E-state index in [2.05, 4.69) is 42.9 Å². The molecular formula is C15H20N2S2. The predicted molar refractivity (Wildman–Crippen MR) is 84.0 cm³/mol. The van der Waals surface area contributed by atoms with Crippen LogP contribution in [0, 0.1) is 0 Å². The molecule has 0 spiro atoms. The van der Waals surface area contributed by atoms with E-state index < -0.39 is 0 Å². The summed E-state index contributed by atoms with van der Waals surface area (Å²) in [6.45, 7) is 7.72. The molecule has 0 radical (unpaired) electrons. The quantitative estimate of drug-likeness (QED) is 0.902. The summed E-state index contributed by atoms with van der Waals surface area (Å²) in [7, 11) is 0. The lowest BCUT2D eigenvalue weighted by molar-refractivity contribution is 0.559. The van der Waals surface area contributed by atoms with Crippen molar-refractivity contribution in [2.75, 3.05) is 0 Å². The Hall–Kier alpha value is -0.710. The molecule has 2 aromatic rings. The van der Waals surface area contributed by atoms with E-state index in [1.54, 1.807) is 11.3 Å². The lowest BCUT2D eigenvalue weighted by atomic mass is 9.91. The zero-order valence-electron chi connectivity index (χ0n) is 11.7. The summed E-state index contributed by atoms with van der Waals surface area (Å²) in [5.74, 6) is 0. The largest absolute Gasteiger partial charge is 0.309 e. The molecule has 19 heavy (non-hydrogen) atoms. The van der Waals surface area contributed by atoms with Crippen LogP contribution < -0.4 is 5.32 Å². The highest BCUT2D eigenvalue weighted by atomic mass is 32.1. The van der Waals surface area contributed by atoms with Gasteiger partial charge in [-0.3, -0.25) is 0 Å². The van der Waals surface area contributed by atoms with Crippen LogP contribution in [0.4, 0.5) is 0 Å². The molecule has 102 valence electrons. The molecule has 1 N–H and O–H groups in total. The zero-order chi connectivity index (χ0) is 13.5. The van der Waals surface area contributed by atoms with Crippen molar-refractivity contribution in [3.05, 3.63) is 27.4 Å². The van der Waals surface area contributed by atoms with E-state index in [1.165, 1.54) is 34.0 Å². The molecule has 0 bridgehead atoms. The van der Waals surface area contributed by atoms with Gasteiger partial charge in [0.05, 0.1) is 5.69 Å². The molecule has 2 heterocycles. The highest BCUT2D eigenvalue weighted by Crippen LogP contribution is 2.35. The molecule has 3 rings (SSSR count). The predicted octanol–water partition coefficient (Wildman–Crippen LogP) is 4.42. The fourth-order valence-corrected chi connectivity index (χ4v) is 4.03. The monoisotopic (exact) mass is 292 g/mol. The van der Waals surface area contributed by atoms with Gasteiger partial charge >= 0.3 is 0 Å². The van der Waals surface area contributed by atoms with E-state index in [0.717, 1.165) is 12.6 Å². The van der Waals surface area contributed by atoms with Crippen LogP contribution in [-0.4, -0.2) is 11.0 Å². The van der Waals surface area contributed by atoms with Gasteiger partial charge in [0, 0.05) is 33.8 Å². The summed E-state index contributed by atoms with van der Waals surface area (Å²) < 4.78 is 0. The summed E-state index contributed by atoms with van der Waals surface area (Å²) in [4.78, 5) is 6.31. The summed E-state index contributed by atoms with van der Waals surface area (Å²) in [5.41, 5.74) is 2.63. The second kappa shape index (κ2) is 5.00. The maximum atomic E-state index is 4.91. The van der Waals surface area contributed by atoms with Gasteiger partial charge in [-0.05, 0) is 24.3 Å². The van der Waals surface area contributed by atoms with Gasteiger partial charge in [-0.15, -0.1) is 11.3 Å². The number of hydrogen-bond donors (Lipinski definition) is 1. The molecule has 0 unspecified atom stereocenters. The van der Waals surface area contributed by atoms with Crippen LogP contribution in [0.1, 0.15) is 44.2 Å². The molecule has 1 aliphatic carbocycles. The Labute approximate surface area is 122 Å². The average Bonchev–Trinajstić information content (AvgIpc) is 2.87. The molecule has 0 amide bonds. The molecule has 4 heteroatoms. The lowest BCUT2D eigenvalue weighted by Gasteiger charge is -2.17. The molecule has 0 aromatic carbocycles. The molecule has 2 aromatic heterocycles. The van der Waals surface area contributed by atoms with E-state index >= 15 is 0 Å². The van der Waals surface area contributed by atoms with E-state index in [9.17, 15) is 0 Å². The summed E-state index contributed by atoms with van der Waals surface area (Å²) in [5, 5.41) is 9.09. The lowest BCUT2D eigenvalue weighted by Crippen LogP contribution is -2.19. The number of nitrogens with zero attached hydrogens (tertiary/aromatic N) is 1. The summed E-state index contributed by atoms with van der Waals surface area (Å²) in [6.07, 6.45) is 2.67. The molecule has 1 aliphatic rings. The van der Waals surface area contributed by atoms with Gasteiger partial charge in [0.1, 0.15) is 5.01 Å². The number of rotatable bonds is 4. The Balaban J connectivity index is 1.90. The maximum Gasteiger partial charge on any atom is 0.124 e. The molecule has 0 saturated heterocycles. The first-order valence-corrected chi connectivity index (χ1v) is 8.56. The minimum absolute atomic E-state index is 0.116. The van der Waals surface area contributed by atoms with Crippen LogP contribution in [0.15, 0.2) is 16.8 Å². The van der Waals surface area contributed by atoms with E-state index in [4.69, 9.17) is 4.98 Å². The molecule has 1 fully saturated rings. The SMILES string of the molecule is CC(C)(C)c1nc(-c2ccsc2)sc1CNC1CC1. The van der Waals surface area contributed by atoms with Gasteiger partial charge in [0.25, 0.3) is 0 Å². The topological polar surface area (TPSA) is 24.9 Å². The Morgan fingerprint density at radius 2 is 2.16 bits per heavy atom. The van der Waals surface area contributed by atoms with Gasteiger partial charge in [0.2, 0.25) is 0 Å². The van der Waals surface area contributed by atoms with Gasteiger partial charge in [-0.2, -0.15) is 11.3 Å². The van der Waals surface area contributed by atoms with E-state index in [-0.39, 0.29) is 5.41 Å². The second-order valence-electron chi connectivity index (χ2n) is 6.21. The fraction of sp³-hybridized carbons (Fsp3) is 0.533. The smallest absolute Gasteiger partial charge is 0.124 e. The molecular weight excluding hydrogens is 272 g/mol. The van der Waals surface area contributed by atoms with E-state index in [1.807, 2.05) is 11.3 Å². The average molecular weight is 292 g/mol. The Kier molecular flexibility index (Phi) is 3.50. The number of hydrogen-bond acceptors (Lipinski definition) is 4. The molecule has 1 saturated carbocycles. The van der Waals surface area contributed by atoms with Crippen LogP contribution in [0.25, 0.3) is 10.6 Å². The van der Waals surface area contributed by atoms with Crippen LogP contribution in [0.5, 0.6) is 0 Å². The minimum atomic E-state index is 0.116. The third-order valence-electron chi connectivity index (χ3n) is 3.30. The van der Waals surface area contributed by atoms with E-state index in [0.29, 0.717) is 0 Å². The highest BCUT2D eigenvalue weighted by Gasteiger charge is 2.26. The van der Waals surface area contributed by atoms with Crippen molar-refractivity contribution in [3.63, 3.8) is 0 Å².